The van der Waals surface area contributed by atoms with Gasteiger partial charge in [-0.1, -0.05) is 11.3 Å². The third-order valence-corrected chi connectivity index (χ3v) is 4.96. The number of nitrogens with two attached hydrogens (primary N) is 1. The third kappa shape index (κ3) is 2.55. The molecule has 0 saturated carbocycles. The number of nitrogens with zero attached hydrogens (tertiary/aromatic N) is 5. The van der Waals surface area contributed by atoms with Gasteiger partial charge < -0.3 is 10.6 Å². The van der Waals surface area contributed by atoms with Crippen LogP contribution in [-0.2, 0) is 7.05 Å². The molecule has 1 saturated heterocycles. The fourth-order valence-corrected chi connectivity index (χ4v) is 3.63. The fraction of sp³-hybridized carbons (Fsp3) is 0.333. The molecule has 0 aromatic carbocycles. The molecule has 118 valence electrons. The van der Waals surface area contributed by atoms with Gasteiger partial charge in [-0.2, -0.15) is 5.10 Å². The van der Waals surface area contributed by atoms with E-state index in [0.717, 1.165) is 23.4 Å². The molecule has 1 atom stereocenters. The minimum atomic E-state index is -0.0212. The molecule has 1 aliphatic rings. The molecule has 0 spiro atoms. The lowest BCUT2D eigenvalue weighted by Crippen LogP contribution is -2.29. The summed E-state index contributed by atoms with van der Waals surface area (Å²) in [5.74, 6) is 0.210. The molecule has 0 aliphatic carbocycles. The molecule has 1 fully saturated rings. The molecule has 8 heteroatoms. The SMILES string of the molecule is Cn1ccc(C(=O)N2CC[C@H](c3ccc4sc(N)nc4n3)C2)n1. The average molecular weight is 328 g/mol. The average Bonchev–Trinajstić information content (AvgIpc) is 3.23. The zero-order chi connectivity index (χ0) is 16.0. The minimum absolute atomic E-state index is 0.0212. The zero-order valence-electron chi connectivity index (χ0n) is 12.6. The lowest BCUT2D eigenvalue weighted by Gasteiger charge is -2.15. The summed E-state index contributed by atoms with van der Waals surface area (Å²) in [5, 5.41) is 4.71. The van der Waals surface area contributed by atoms with E-state index in [-0.39, 0.29) is 11.8 Å². The molecule has 4 heterocycles. The van der Waals surface area contributed by atoms with E-state index in [9.17, 15) is 4.79 Å². The molecule has 23 heavy (non-hydrogen) atoms. The maximum Gasteiger partial charge on any atom is 0.274 e. The van der Waals surface area contributed by atoms with Gasteiger partial charge in [-0.15, -0.1) is 0 Å². The molecule has 7 nitrogen and oxygen atoms in total. The smallest absolute Gasteiger partial charge is 0.274 e. The quantitative estimate of drug-likeness (QED) is 0.772. The van der Waals surface area contributed by atoms with Crippen molar-refractivity contribution in [3.63, 3.8) is 0 Å². The van der Waals surface area contributed by atoms with Gasteiger partial charge >= 0.3 is 0 Å². The van der Waals surface area contributed by atoms with Crippen molar-refractivity contribution in [3.8, 4) is 0 Å². The van der Waals surface area contributed by atoms with Crippen molar-refractivity contribution in [1.29, 1.82) is 0 Å². The number of aryl methyl sites for hydroxylation is 1. The Morgan fingerprint density at radius 1 is 1.35 bits per heavy atom. The Morgan fingerprint density at radius 2 is 2.22 bits per heavy atom. The van der Waals surface area contributed by atoms with Gasteiger partial charge in [-0.05, 0) is 24.6 Å². The highest BCUT2D eigenvalue weighted by molar-refractivity contribution is 7.21. The molecule has 3 aromatic heterocycles. The minimum Gasteiger partial charge on any atom is -0.375 e. The van der Waals surface area contributed by atoms with Crippen LogP contribution in [0.1, 0.15) is 28.5 Å². The second kappa shape index (κ2) is 5.31. The van der Waals surface area contributed by atoms with Crippen molar-refractivity contribution in [3.05, 3.63) is 35.8 Å². The lowest BCUT2D eigenvalue weighted by atomic mass is 10.0. The van der Waals surface area contributed by atoms with Crippen LogP contribution in [0, 0.1) is 0 Å². The van der Waals surface area contributed by atoms with E-state index in [2.05, 4.69) is 15.1 Å². The molecule has 2 N–H and O–H groups in total. The summed E-state index contributed by atoms with van der Waals surface area (Å²) in [4.78, 5) is 23.1. The molecular weight excluding hydrogens is 312 g/mol. The van der Waals surface area contributed by atoms with Crippen LogP contribution in [0.5, 0.6) is 0 Å². The number of carbonyl (C=O) groups is 1. The van der Waals surface area contributed by atoms with E-state index in [4.69, 9.17) is 5.73 Å². The van der Waals surface area contributed by atoms with Crippen LogP contribution in [0.2, 0.25) is 0 Å². The van der Waals surface area contributed by atoms with E-state index in [1.54, 1.807) is 16.9 Å². The van der Waals surface area contributed by atoms with Crippen molar-refractivity contribution in [1.82, 2.24) is 24.6 Å². The van der Waals surface area contributed by atoms with Crippen molar-refractivity contribution < 1.29 is 4.79 Å². The van der Waals surface area contributed by atoms with Gasteiger partial charge in [0.15, 0.2) is 10.8 Å². The van der Waals surface area contributed by atoms with Gasteiger partial charge in [-0.25, -0.2) is 9.97 Å². The summed E-state index contributed by atoms with van der Waals surface area (Å²) in [7, 11) is 1.81. The van der Waals surface area contributed by atoms with E-state index < -0.39 is 0 Å². The summed E-state index contributed by atoms with van der Waals surface area (Å²) >= 11 is 1.44. The monoisotopic (exact) mass is 328 g/mol. The molecule has 1 amide bonds. The maximum atomic E-state index is 12.5. The predicted octanol–water partition coefficient (Wildman–Crippen LogP) is 1.64. The lowest BCUT2D eigenvalue weighted by molar-refractivity contribution is 0.0784. The second-order valence-electron chi connectivity index (χ2n) is 5.72. The molecule has 4 rings (SSSR count). The van der Waals surface area contributed by atoms with Gasteiger partial charge in [-0.3, -0.25) is 9.48 Å². The summed E-state index contributed by atoms with van der Waals surface area (Å²) in [6.45, 7) is 1.38. The van der Waals surface area contributed by atoms with Crippen LogP contribution in [0.4, 0.5) is 5.13 Å². The van der Waals surface area contributed by atoms with Gasteiger partial charge in [0.1, 0.15) is 5.69 Å². The van der Waals surface area contributed by atoms with Crippen LogP contribution >= 0.6 is 11.3 Å². The van der Waals surface area contributed by atoms with Crippen LogP contribution in [-0.4, -0.2) is 43.6 Å². The van der Waals surface area contributed by atoms with Crippen molar-refractivity contribution >= 4 is 32.7 Å². The summed E-state index contributed by atoms with van der Waals surface area (Å²) in [6.07, 6.45) is 2.68. The number of likely N-dealkylation sites (tertiary alicyclic amines) is 1. The first-order valence-electron chi connectivity index (χ1n) is 7.42. The highest BCUT2D eigenvalue weighted by Gasteiger charge is 2.30. The molecule has 0 radical (unpaired) electrons. The highest BCUT2D eigenvalue weighted by atomic mass is 32.1. The van der Waals surface area contributed by atoms with Gasteiger partial charge in [0.25, 0.3) is 5.91 Å². The van der Waals surface area contributed by atoms with Crippen molar-refractivity contribution in [2.45, 2.75) is 12.3 Å². The number of rotatable bonds is 2. The Kier molecular flexibility index (Phi) is 3.26. The molecule has 3 aromatic rings. The van der Waals surface area contributed by atoms with Crippen LogP contribution in [0.3, 0.4) is 0 Å². The number of anilines is 1. The Balaban J connectivity index is 1.53. The zero-order valence-corrected chi connectivity index (χ0v) is 13.5. The predicted molar refractivity (Wildman–Crippen MR) is 88.3 cm³/mol. The van der Waals surface area contributed by atoms with Crippen molar-refractivity contribution in [2.24, 2.45) is 7.05 Å². The Morgan fingerprint density at radius 3 is 3.00 bits per heavy atom. The number of nitrogen functional groups attached to an aromatic ring is 1. The number of carbonyl (C=O) groups excluding carboxylic acids is 1. The molecule has 0 bridgehead atoms. The van der Waals surface area contributed by atoms with Crippen LogP contribution in [0.15, 0.2) is 24.4 Å². The second-order valence-corrected chi connectivity index (χ2v) is 6.78. The number of hydrogen-bond donors (Lipinski definition) is 1. The van der Waals surface area contributed by atoms with E-state index in [0.29, 0.717) is 23.0 Å². The fourth-order valence-electron chi connectivity index (χ4n) is 2.95. The number of hydrogen-bond acceptors (Lipinski definition) is 6. The number of pyridine rings is 1. The first-order valence-corrected chi connectivity index (χ1v) is 8.23. The molecule has 0 unspecified atom stereocenters. The first-order chi connectivity index (χ1) is 11.1. The van der Waals surface area contributed by atoms with Gasteiger partial charge in [0.2, 0.25) is 0 Å². The number of thiazole rings is 1. The van der Waals surface area contributed by atoms with E-state index in [1.165, 1.54) is 11.3 Å². The molecular formula is C15H16N6OS. The summed E-state index contributed by atoms with van der Waals surface area (Å²) < 4.78 is 2.63. The summed E-state index contributed by atoms with van der Waals surface area (Å²) in [6, 6.07) is 5.77. The first kappa shape index (κ1) is 14.1. The van der Waals surface area contributed by atoms with Gasteiger partial charge in [0, 0.05) is 37.9 Å². The number of aromatic nitrogens is 4. The Bertz CT molecular complexity index is 885. The van der Waals surface area contributed by atoms with Crippen LogP contribution in [0.25, 0.3) is 10.3 Å². The van der Waals surface area contributed by atoms with Gasteiger partial charge in [0.05, 0.1) is 4.70 Å². The third-order valence-electron chi connectivity index (χ3n) is 4.12. The Hall–Kier alpha value is -2.48. The largest absolute Gasteiger partial charge is 0.375 e. The molecule has 1 aliphatic heterocycles. The number of fused-ring (bicyclic) bond motifs is 1. The highest BCUT2D eigenvalue weighted by Crippen LogP contribution is 2.29. The topological polar surface area (TPSA) is 89.9 Å². The number of amides is 1. The Labute approximate surface area is 136 Å². The summed E-state index contributed by atoms with van der Waals surface area (Å²) in [5.41, 5.74) is 7.88. The standard InChI is InChI=1S/C15H16N6OS/c1-20-6-5-11(19-20)14(22)21-7-4-9(8-21)10-2-3-12-13(17-10)18-15(16)23-12/h2-3,5-6,9H,4,7-8H2,1H3,(H2,16,17,18)/t9-/m0/s1. The van der Waals surface area contributed by atoms with Crippen LogP contribution < -0.4 is 5.73 Å². The van der Waals surface area contributed by atoms with E-state index >= 15 is 0 Å². The maximum absolute atomic E-state index is 12.5. The normalized spacial score (nSPS) is 18.0. The van der Waals surface area contributed by atoms with E-state index in [1.807, 2.05) is 24.1 Å². The van der Waals surface area contributed by atoms with Crippen molar-refractivity contribution in [2.75, 3.05) is 18.8 Å².